The van der Waals surface area contributed by atoms with E-state index >= 15 is 0 Å². The zero-order valence-electron chi connectivity index (χ0n) is 19.3. The van der Waals surface area contributed by atoms with Crippen LogP contribution in [0.1, 0.15) is 25.8 Å². The summed E-state index contributed by atoms with van der Waals surface area (Å²) in [5, 5.41) is 6.84. The summed E-state index contributed by atoms with van der Waals surface area (Å²) in [6, 6.07) is 17.7. The number of benzene rings is 3. The van der Waals surface area contributed by atoms with E-state index < -0.39 is 0 Å². The molecule has 36 heavy (non-hydrogen) atoms. The van der Waals surface area contributed by atoms with Crippen molar-refractivity contribution < 1.29 is 9.15 Å². The van der Waals surface area contributed by atoms with Crippen LogP contribution < -0.4 is 10.3 Å². The van der Waals surface area contributed by atoms with Gasteiger partial charge in [-0.3, -0.25) is 4.79 Å². The molecule has 1 atom stereocenters. The van der Waals surface area contributed by atoms with Gasteiger partial charge in [0.25, 0.3) is 5.56 Å². The average molecular weight is 585 g/mol. The molecule has 0 aliphatic rings. The lowest BCUT2D eigenvalue weighted by Crippen LogP contribution is -2.20. The molecule has 0 aliphatic heterocycles. The van der Waals surface area contributed by atoms with E-state index in [0.29, 0.717) is 48.1 Å². The molecule has 2 heterocycles. The molecule has 6 nitrogen and oxygen atoms in total. The number of fused-ring (bicyclic) bond motifs is 2. The molecule has 9 heteroatoms. The lowest BCUT2D eigenvalue weighted by molar-refractivity contribution is 0.215. The van der Waals surface area contributed by atoms with Gasteiger partial charge in [-0.25, -0.2) is 4.98 Å². The number of furan rings is 1. The van der Waals surface area contributed by atoms with E-state index in [1.54, 1.807) is 54.6 Å². The summed E-state index contributed by atoms with van der Waals surface area (Å²) in [5.41, 5.74) is 1.43. The summed E-state index contributed by atoms with van der Waals surface area (Å²) in [4.78, 5) is 18.2. The van der Waals surface area contributed by atoms with Gasteiger partial charge < -0.3 is 9.15 Å². The van der Waals surface area contributed by atoms with Crippen LogP contribution in [-0.2, 0) is 0 Å². The Labute approximate surface area is 225 Å². The van der Waals surface area contributed by atoms with Gasteiger partial charge in [-0.1, -0.05) is 42.3 Å². The van der Waals surface area contributed by atoms with Crippen molar-refractivity contribution >= 4 is 67.2 Å². The third-order valence-corrected chi connectivity index (χ3v) is 6.74. The van der Waals surface area contributed by atoms with Crippen molar-refractivity contribution in [3.05, 3.63) is 91.1 Å². The fourth-order valence-electron chi connectivity index (χ4n) is 3.72. The minimum atomic E-state index is -0.337. The highest BCUT2D eigenvalue weighted by Gasteiger charge is 2.18. The SMILES string of the molecule is CC[C@H](C)Oc1c(Br)cc(Cl)cc1C=Nn1c(-c2cc3cc(Cl)ccc3o2)nc2ccccc2c1=O. The van der Waals surface area contributed by atoms with Crippen LogP contribution >= 0.6 is 39.1 Å². The van der Waals surface area contributed by atoms with E-state index in [0.717, 1.165) is 11.8 Å². The molecule has 2 aromatic heterocycles. The fourth-order valence-corrected chi connectivity index (χ4v) is 4.83. The van der Waals surface area contributed by atoms with Gasteiger partial charge in [0.2, 0.25) is 5.82 Å². The standard InChI is InChI=1S/C27H20BrCl2N3O3/c1-3-15(2)35-25-17(11-19(30)13-21(25)28)14-31-33-26(32-22-7-5-4-6-20(22)27(33)34)24-12-16-10-18(29)8-9-23(16)36-24/h4-15H,3H2,1-2H3/t15-/m0/s1. The molecule has 0 saturated heterocycles. The number of rotatable bonds is 6. The Morgan fingerprint density at radius 2 is 1.94 bits per heavy atom. The molecule has 3 aromatic carbocycles. The molecule has 0 unspecified atom stereocenters. The Bertz CT molecular complexity index is 1690. The van der Waals surface area contributed by atoms with E-state index in [1.165, 1.54) is 10.9 Å². The molecular weight excluding hydrogens is 565 g/mol. The number of halogens is 3. The molecule has 5 rings (SSSR count). The fraction of sp³-hybridized carbons (Fsp3) is 0.148. The molecule has 0 fully saturated rings. The second-order valence-electron chi connectivity index (χ2n) is 8.25. The van der Waals surface area contributed by atoms with Crippen molar-refractivity contribution in [3.63, 3.8) is 0 Å². The van der Waals surface area contributed by atoms with Crippen LogP contribution in [0.25, 0.3) is 33.5 Å². The Morgan fingerprint density at radius 3 is 2.75 bits per heavy atom. The molecular formula is C27H20BrCl2N3O3. The summed E-state index contributed by atoms with van der Waals surface area (Å²) in [7, 11) is 0. The van der Waals surface area contributed by atoms with Gasteiger partial charge in [-0.15, -0.1) is 0 Å². The Balaban J connectivity index is 1.71. The van der Waals surface area contributed by atoms with E-state index in [1.807, 2.05) is 19.9 Å². The largest absolute Gasteiger partial charge is 0.489 e. The van der Waals surface area contributed by atoms with Crippen LogP contribution in [0.2, 0.25) is 10.0 Å². The molecule has 0 spiro atoms. The Kier molecular flexibility index (Phi) is 6.88. The van der Waals surface area contributed by atoms with Gasteiger partial charge in [0.05, 0.1) is 27.7 Å². The first-order valence-electron chi connectivity index (χ1n) is 11.3. The quantitative estimate of drug-likeness (QED) is 0.190. The molecule has 182 valence electrons. The van der Waals surface area contributed by atoms with Gasteiger partial charge in [-0.05, 0) is 77.8 Å². The smallest absolute Gasteiger partial charge is 0.282 e. The van der Waals surface area contributed by atoms with Crippen molar-refractivity contribution in [1.29, 1.82) is 0 Å². The van der Waals surface area contributed by atoms with Crippen LogP contribution in [0.15, 0.2) is 79.4 Å². The summed E-state index contributed by atoms with van der Waals surface area (Å²) in [6.07, 6.45) is 2.33. The highest BCUT2D eigenvalue weighted by atomic mass is 79.9. The number of para-hydroxylation sites is 1. The molecule has 0 N–H and O–H groups in total. The maximum atomic E-state index is 13.5. The minimum absolute atomic E-state index is 0.0300. The van der Waals surface area contributed by atoms with Crippen molar-refractivity contribution in [2.45, 2.75) is 26.4 Å². The van der Waals surface area contributed by atoms with Gasteiger partial charge >= 0.3 is 0 Å². The molecule has 0 bridgehead atoms. The first-order valence-corrected chi connectivity index (χ1v) is 12.8. The highest BCUT2D eigenvalue weighted by Crippen LogP contribution is 2.33. The maximum absolute atomic E-state index is 13.5. The van der Waals surface area contributed by atoms with Crippen LogP contribution in [0.4, 0.5) is 0 Å². The lowest BCUT2D eigenvalue weighted by atomic mass is 10.2. The molecule has 5 aromatic rings. The maximum Gasteiger partial charge on any atom is 0.282 e. The zero-order chi connectivity index (χ0) is 25.4. The number of hydrogen-bond donors (Lipinski definition) is 0. The van der Waals surface area contributed by atoms with E-state index in [-0.39, 0.29) is 17.5 Å². The monoisotopic (exact) mass is 583 g/mol. The van der Waals surface area contributed by atoms with Crippen molar-refractivity contribution in [1.82, 2.24) is 9.66 Å². The Hall–Kier alpha value is -3.13. The summed E-state index contributed by atoms with van der Waals surface area (Å²) in [6.45, 7) is 4.01. The van der Waals surface area contributed by atoms with E-state index in [2.05, 4.69) is 21.0 Å². The molecule has 0 amide bonds. The van der Waals surface area contributed by atoms with E-state index in [4.69, 9.17) is 37.3 Å². The zero-order valence-corrected chi connectivity index (χ0v) is 22.4. The van der Waals surface area contributed by atoms with Gasteiger partial charge in [-0.2, -0.15) is 9.78 Å². The van der Waals surface area contributed by atoms with Crippen LogP contribution in [-0.4, -0.2) is 22.0 Å². The first-order chi connectivity index (χ1) is 17.3. The van der Waals surface area contributed by atoms with Crippen molar-refractivity contribution in [3.8, 4) is 17.3 Å². The van der Waals surface area contributed by atoms with Crippen LogP contribution in [0.5, 0.6) is 5.75 Å². The van der Waals surface area contributed by atoms with Gasteiger partial charge in [0, 0.05) is 21.0 Å². The second-order valence-corrected chi connectivity index (χ2v) is 9.98. The van der Waals surface area contributed by atoms with Crippen LogP contribution in [0, 0.1) is 0 Å². The van der Waals surface area contributed by atoms with Crippen molar-refractivity contribution in [2.24, 2.45) is 5.10 Å². The number of hydrogen-bond acceptors (Lipinski definition) is 5. The minimum Gasteiger partial charge on any atom is -0.489 e. The average Bonchev–Trinajstić information content (AvgIpc) is 3.28. The third kappa shape index (κ3) is 4.78. The lowest BCUT2D eigenvalue weighted by Gasteiger charge is -2.16. The number of aromatic nitrogens is 2. The third-order valence-electron chi connectivity index (χ3n) is 5.70. The van der Waals surface area contributed by atoms with Crippen molar-refractivity contribution in [2.75, 3.05) is 0 Å². The summed E-state index contributed by atoms with van der Waals surface area (Å²) >= 11 is 16.0. The topological polar surface area (TPSA) is 69.6 Å². The van der Waals surface area contributed by atoms with E-state index in [9.17, 15) is 4.79 Å². The molecule has 0 radical (unpaired) electrons. The first kappa shape index (κ1) is 24.6. The molecule has 0 saturated carbocycles. The predicted octanol–water partition coefficient (Wildman–Crippen LogP) is 7.94. The predicted molar refractivity (Wildman–Crippen MR) is 149 cm³/mol. The molecule has 0 aliphatic carbocycles. The normalized spacial score (nSPS) is 12.6. The van der Waals surface area contributed by atoms with Crippen LogP contribution in [0.3, 0.4) is 0 Å². The second kappa shape index (κ2) is 10.1. The van der Waals surface area contributed by atoms with Gasteiger partial charge in [0.1, 0.15) is 11.3 Å². The summed E-state index contributed by atoms with van der Waals surface area (Å²) in [5.74, 6) is 1.22. The van der Waals surface area contributed by atoms with Gasteiger partial charge in [0.15, 0.2) is 5.76 Å². The highest BCUT2D eigenvalue weighted by molar-refractivity contribution is 9.10. The Morgan fingerprint density at radius 1 is 1.14 bits per heavy atom. The summed E-state index contributed by atoms with van der Waals surface area (Å²) < 4.78 is 14.0. The number of nitrogens with zero attached hydrogens (tertiary/aromatic N) is 3. The number of ether oxygens (including phenoxy) is 1.